The standard InChI is InChI=1S/C23H25N3O2S/c1-18-6-5-9-20-22(18)24-23(29-20)26(13-12-25-14-16-28-17-15-25)21(27)11-10-19-7-3-2-4-8-19/h2-11H,12-17H2,1H3/b11-10+. The molecule has 0 atom stereocenters. The molecule has 1 aromatic heterocycles. The van der Waals surface area contributed by atoms with Crippen molar-refractivity contribution in [2.75, 3.05) is 44.3 Å². The SMILES string of the molecule is Cc1cccc2sc(N(CCN3CCOCC3)C(=O)/C=C/c3ccccc3)nc12. The maximum Gasteiger partial charge on any atom is 0.252 e. The molecule has 150 valence electrons. The fourth-order valence-electron chi connectivity index (χ4n) is 3.38. The van der Waals surface area contributed by atoms with E-state index in [-0.39, 0.29) is 5.91 Å². The number of hydrogen-bond acceptors (Lipinski definition) is 5. The summed E-state index contributed by atoms with van der Waals surface area (Å²) in [5.41, 5.74) is 3.11. The van der Waals surface area contributed by atoms with Gasteiger partial charge in [0, 0.05) is 32.3 Å². The summed E-state index contributed by atoms with van der Waals surface area (Å²) in [7, 11) is 0. The summed E-state index contributed by atoms with van der Waals surface area (Å²) in [5.74, 6) is -0.0428. The Morgan fingerprint density at radius 1 is 1.17 bits per heavy atom. The van der Waals surface area contributed by atoms with Gasteiger partial charge in [0.05, 0.1) is 23.4 Å². The molecule has 2 heterocycles. The maximum atomic E-state index is 13.1. The highest BCUT2D eigenvalue weighted by molar-refractivity contribution is 7.22. The van der Waals surface area contributed by atoms with Crippen LogP contribution in [0.3, 0.4) is 0 Å². The average molecular weight is 408 g/mol. The molecule has 29 heavy (non-hydrogen) atoms. The van der Waals surface area contributed by atoms with Crippen LogP contribution in [-0.4, -0.2) is 55.2 Å². The maximum absolute atomic E-state index is 13.1. The second kappa shape index (κ2) is 9.31. The molecule has 0 bridgehead atoms. The predicted molar refractivity (Wildman–Crippen MR) is 119 cm³/mol. The van der Waals surface area contributed by atoms with Gasteiger partial charge in [0.25, 0.3) is 5.91 Å². The Hall–Kier alpha value is -2.54. The monoisotopic (exact) mass is 407 g/mol. The molecule has 5 nitrogen and oxygen atoms in total. The highest BCUT2D eigenvalue weighted by atomic mass is 32.1. The van der Waals surface area contributed by atoms with Crippen molar-refractivity contribution in [2.45, 2.75) is 6.92 Å². The normalized spacial score (nSPS) is 15.2. The van der Waals surface area contributed by atoms with Crippen LogP contribution in [-0.2, 0) is 9.53 Å². The molecule has 0 radical (unpaired) electrons. The van der Waals surface area contributed by atoms with E-state index in [0.717, 1.165) is 59.3 Å². The molecule has 3 aromatic rings. The van der Waals surface area contributed by atoms with Crippen molar-refractivity contribution < 1.29 is 9.53 Å². The summed E-state index contributed by atoms with van der Waals surface area (Å²) in [6.07, 6.45) is 3.51. The van der Waals surface area contributed by atoms with Gasteiger partial charge in [-0.25, -0.2) is 4.98 Å². The molecule has 6 heteroatoms. The van der Waals surface area contributed by atoms with Crippen LogP contribution in [0.2, 0.25) is 0 Å². The third-order valence-electron chi connectivity index (χ3n) is 5.07. The summed E-state index contributed by atoms with van der Waals surface area (Å²) in [5, 5.41) is 0.755. The van der Waals surface area contributed by atoms with Gasteiger partial charge in [-0.2, -0.15) is 0 Å². The summed E-state index contributed by atoms with van der Waals surface area (Å²) < 4.78 is 6.54. The first kappa shape index (κ1) is 19.8. The van der Waals surface area contributed by atoms with Crippen LogP contribution in [0.5, 0.6) is 0 Å². The highest BCUT2D eigenvalue weighted by Crippen LogP contribution is 2.30. The molecule has 2 aromatic carbocycles. The van der Waals surface area contributed by atoms with Crippen molar-refractivity contribution in [3.8, 4) is 0 Å². The minimum absolute atomic E-state index is 0.0428. The predicted octanol–water partition coefficient (Wildman–Crippen LogP) is 3.98. The number of morpholine rings is 1. The van der Waals surface area contributed by atoms with Gasteiger partial charge in [-0.1, -0.05) is 53.8 Å². The third-order valence-corrected chi connectivity index (χ3v) is 6.11. The summed E-state index contributed by atoms with van der Waals surface area (Å²) in [4.78, 5) is 22.1. The molecular formula is C23H25N3O2S. The van der Waals surface area contributed by atoms with E-state index < -0.39 is 0 Å². The zero-order chi connectivity index (χ0) is 20.1. The van der Waals surface area contributed by atoms with Crippen molar-refractivity contribution in [2.24, 2.45) is 0 Å². The van der Waals surface area contributed by atoms with Crippen molar-refractivity contribution in [1.82, 2.24) is 9.88 Å². The largest absolute Gasteiger partial charge is 0.379 e. The Balaban J connectivity index is 1.57. The quantitative estimate of drug-likeness (QED) is 0.580. The molecule has 1 aliphatic rings. The second-order valence-corrected chi connectivity index (χ2v) is 8.12. The van der Waals surface area contributed by atoms with Crippen molar-refractivity contribution in [3.63, 3.8) is 0 Å². The lowest BCUT2D eigenvalue weighted by Crippen LogP contribution is -2.42. The molecule has 0 saturated carbocycles. The number of aromatic nitrogens is 1. The molecule has 4 rings (SSSR count). The molecule has 0 N–H and O–H groups in total. The highest BCUT2D eigenvalue weighted by Gasteiger charge is 2.20. The van der Waals surface area contributed by atoms with Crippen LogP contribution >= 0.6 is 11.3 Å². The number of rotatable bonds is 6. The minimum Gasteiger partial charge on any atom is -0.379 e. The first-order valence-electron chi connectivity index (χ1n) is 9.91. The van der Waals surface area contributed by atoms with E-state index in [0.29, 0.717) is 6.54 Å². The number of anilines is 1. The first-order chi connectivity index (χ1) is 14.2. The van der Waals surface area contributed by atoms with E-state index >= 15 is 0 Å². The topological polar surface area (TPSA) is 45.7 Å². The van der Waals surface area contributed by atoms with Gasteiger partial charge in [0.1, 0.15) is 0 Å². The number of carbonyl (C=O) groups is 1. The number of amides is 1. The van der Waals surface area contributed by atoms with E-state index in [1.165, 1.54) is 0 Å². The van der Waals surface area contributed by atoms with Crippen LogP contribution in [0.15, 0.2) is 54.6 Å². The zero-order valence-corrected chi connectivity index (χ0v) is 17.4. The molecular weight excluding hydrogens is 382 g/mol. The summed E-state index contributed by atoms with van der Waals surface area (Å²) >= 11 is 1.57. The number of ether oxygens (including phenoxy) is 1. The van der Waals surface area contributed by atoms with Gasteiger partial charge < -0.3 is 4.74 Å². The number of para-hydroxylation sites is 1. The average Bonchev–Trinajstić information content (AvgIpc) is 3.19. The first-order valence-corrected chi connectivity index (χ1v) is 10.7. The number of aryl methyl sites for hydroxylation is 1. The number of carbonyl (C=O) groups excluding carboxylic acids is 1. The minimum atomic E-state index is -0.0428. The lowest BCUT2D eigenvalue weighted by Gasteiger charge is -2.28. The number of thiazole rings is 1. The van der Waals surface area contributed by atoms with Crippen molar-refractivity contribution in [3.05, 3.63) is 65.7 Å². The number of benzene rings is 2. The van der Waals surface area contributed by atoms with Gasteiger partial charge in [0.15, 0.2) is 5.13 Å². The number of hydrogen-bond donors (Lipinski definition) is 0. The van der Waals surface area contributed by atoms with Gasteiger partial charge in [-0.3, -0.25) is 14.6 Å². The molecule has 1 fully saturated rings. The molecule has 1 saturated heterocycles. The lowest BCUT2D eigenvalue weighted by molar-refractivity contribution is -0.114. The Morgan fingerprint density at radius 3 is 2.72 bits per heavy atom. The van der Waals surface area contributed by atoms with Crippen LogP contribution in [0.1, 0.15) is 11.1 Å². The van der Waals surface area contributed by atoms with Crippen LogP contribution < -0.4 is 4.90 Å². The van der Waals surface area contributed by atoms with E-state index in [9.17, 15) is 4.79 Å². The van der Waals surface area contributed by atoms with Crippen LogP contribution in [0, 0.1) is 6.92 Å². The fourth-order valence-corrected chi connectivity index (χ4v) is 4.45. The number of nitrogens with zero attached hydrogens (tertiary/aromatic N) is 3. The van der Waals surface area contributed by atoms with E-state index in [4.69, 9.17) is 9.72 Å². The molecule has 1 amide bonds. The molecule has 0 aliphatic carbocycles. The van der Waals surface area contributed by atoms with Crippen LogP contribution in [0.25, 0.3) is 16.3 Å². The third kappa shape index (κ3) is 4.90. The fraction of sp³-hybridized carbons (Fsp3) is 0.304. The Labute approximate surface area is 175 Å². The smallest absolute Gasteiger partial charge is 0.252 e. The van der Waals surface area contributed by atoms with Gasteiger partial charge in [0.2, 0.25) is 0 Å². The summed E-state index contributed by atoms with van der Waals surface area (Å²) in [6, 6.07) is 16.0. The van der Waals surface area contributed by atoms with Gasteiger partial charge in [-0.05, 0) is 30.2 Å². The van der Waals surface area contributed by atoms with E-state index in [2.05, 4.69) is 24.0 Å². The Bertz CT molecular complexity index is 994. The van der Waals surface area contributed by atoms with Crippen LogP contribution in [0.4, 0.5) is 5.13 Å². The second-order valence-electron chi connectivity index (χ2n) is 7.11. The molecule has 0 unspecified atom stereocenters. The van der Waals surface area contributed by atoms with Gasteiger partial charge >= 0.3 is 0 Å². The Kier molecular flexibility index (Phi) is 6.34. The number of fused-ring (bicyclic) bond motifs is 1. The Morgan fingerprint density at radius 2 is 1.97 bits per heavy atom. The lowest BCUT2D eigenvalue weighted by atomic mass is 10.2. The van der Waals surface area contributed by atoms with Crippen molar-refractivity contribution >= 4 is 38.7 Å². The van der Waals surface area contributed by atoms with E-state index in [1.807, 2.05) is 42.5 Å². The zero-order valence-electron chi connectivity index (χ0n) is 16.6. The molecule has 0 spiro atoms. The van der Waals surface area contributed by atoms with E-state index in [1.54, 1.807) is 22.3 Å². The van der Waals surface area contributed by atoms with Crippen molar-refractivity contribution in [1.29, 1.82) is 0 Å². The molecule has 1 aliphatic heterocycles. The summed E-state index contributed by atoms with van der Waals surface area (Å²) in [6.45, 7) is 6.78. The van der Waals surface area contributed by atoms with Gasteiger partial charge in [-0.15, -0.1) is 0 Å².